The Balaban J connectivity index is 1.38. The van der Waals surface area contributed by atoms with E-state index in [1.54, 1.807) is 30.5 Å². The number of carbonyl (C=O) groups is 2. The van der Waals surface area contributed by atoms with Crippen LogP contribution < -0.4 is 15.8 Å². The third kappa shape index (κ3) is 5.07. The van der Waals surface area contributed by atoms with Gasteiger partial charge >= 0.3 is 0 Å². The number of imidazole rings is 1. The number of nitrogens with two attached hydrogens (primary N) is 1. The molecule has 1 aromatic heterocycles. The molecule has 0 unspecified atom stereocenters. The zero-order valence-electron chi connectivity index (χ0n) is 16.6. The van der Waals surface area contributed by atoms with E-state index in [0.29, 0.717) is 35.8 Å². The summed E-state index contributed by atoms with van der Waals surface area (Å²) < 4.78 is 18.6. The molecule has 2 aromatic carbocycles. The number of carbonyl (C=O) groups excluding carboxylic acids is 2. The number of halogens is 1. The molecule has 1 aliphatic rings. The number of nitrogens with zero attached hydrogens (tertiary/aromatic N) is 2. The summed E-state index contributed by atoms with van der Waals surface area (Å²) in [7, 11) is 0. The van der Waals surface area contributed by atoms with Crippen LogP contribution in [0.5, 0.6) is 11.5 Å². The molecule has 4 rings (SSSR count). The van der Waals surface area contributed by atoms with E-state index in [2.05, 4.69) is 15.3 Å². The van der Waals surface area contributed by atoms with Gasteiger partial charge < -0.3 is 25.7 Å². The zero-order chi connectivity index (χ0) is 21.8. The second kappa shape index (κ2) is 8.97. The van der Waals surface area contributed by atoms with Gasteiger partial charge in [0.1, 0.15) is 23.4 Å². The first-order chi connectivity index (χ1) is 15.0. The molecule has 0 radical (unpaired) electrons. The summed E-state index contributed by atoms with van der Waals surface area (Å²) in [6, 6.07) is 11.6. The second-order valence-electron chi connectivity index (χ2n) is 7.38. The molecular weight excluding hydrogens is 401 g/mol. The molecule has 2 atom stereocenters. The first kappa shape index (κ1) is 20.5. The van der Waals surface area contributed by atoms with Crippen LogP contribution in [0.25, 0.3) is 0 Å². The van der Waals surface area contributed by atoms with Gasteiger partial charge in [-0.3, -0.25) is 9.59 Å². The zero-order valence-corrected chi connectivity index (χ0v) is 16.6. The fourth-order valence-electron chi connectivity index (χ4n) is 3.51. The lowest BCUT2D eigenvalue weighted by Gasteiger charge is -2.23. The Morgan fingerprint density at radius 1 is 1.16 bits per heavy atom. The fraction of sp³-hybridized carbons (Fsp3) is 0.227. The summed E-state index contributed by atoms with van der Waals surface area (Å²) in [5.41, 5.74) is 7.28. The van der Waals surface area contributed by atoms with Crippen LogP contribution in [0.1, 0.15) is 12.1 Å². The number of rotatable bonds is 6. The van der Waals surface area contributed by atoms with Crippen molar-refractivity contribution in [1.29, 1.82) is 0 Å². The van der Waals surface area contributed by atoms with Crippen molar-refractivity contribution >= 4 is 17.5 Å². The van der Waals surface area contributed by atoms with Crippen LogP contribution in [0.3, 0.4) is 0 Å². The molecular formula is C22H22FN5O3. The number of nitrogens with one attached hydrogen (secondary N) is 2. The Kier molecular flexibility index (Phi) is 5.94. The number of H-pyrrole nitrogens is 1. The largest absolute Gasteiger partial charge is 0.457 e. The van der Waals surface area contributed by atoms with Crippen molar-refractivity contribution in [3.63, 3.8) is 0 Å². The van der Waals surface area contributed by atoms with Gasteiger partial charge in [-0.1, -0.05) is 0 Å². The maximum Gasteiger partial charge on any atom is 0.247 e. The number of benzene rings is 2. The maximum absolute atomic E-state index is 13.0. The van der Waals surface area contributed by atoms with Crippen LogP contribution in [0, 0.1) is 5.82 Å². The standard InChI is InChI=1S/C22H22FN5O3/c23-14-1-5-18(6-2-14)31-19-7-3-16(4-8-19)27-22(30)20-9-15(24)12-28(20)21(29)10-17-11-25-13-26-17/h1-8,11,13,15,20H,9-10,12,24H2,(H,25,26)(H,27,30)/t15-,20+/m1/s1. The van der Waals surface area contributed by atoms with E-state index >= 15 is 0 Å². The molecule has 2 amide bonds. The van der Waals surface area contributed by atoms with Crippen molar-refractivity contribution in [3.8, 4) is 11.5 Å². The average molecular weight is 423 g/mol. The number of aromatic amines is 1. The quantitative estimate of drug-likeness (QED) is 0.564. The minimum absolute atomic E-state index is 0.131. The van der Waals surface area contributed by atoms with E-state index < -0.39 is 6.04 Å². The summed E-state index contributed by atoms with van der Waals surface area (Å²) in [6.07, 6.45) is 3.61. The number of hydrogen-bond donors (Lipinski definition) is 3. The van der Waals surface area contributed by atoms with E-state index in [9.17, 15) is 14.0 Å². The number of anilines is 1. The number of likely N-dealkylation sites (tertiary alicyclic amines) is 1. The van der Waals surface area contributed by atoms with Gasteiger partial charge in [-0.2, -0.15) is 0 Å². The van der Waals surface area contributed by atoms with Crippen molar-refractivity contribution in [2.24, 2.45) is 5.73 Å². The first-order valence-electron chi connectivity index (χ1n) is 9.84. The molecule has 9 heteroatoms. The van der Waals surface area contributed by atoms with Crippen LogP contribution in [-0.2, 0) is 16.0 Å². The number of hydrogen-bond acceptors (Lipinski definition) is 5. The summed E-state index contributed by atoms with van der Waals surface area (Å²) >= 11 is 0. The average Bonchev–Trinajstić information content (AvgIpc) is 3.40. The highest BCUT2D eigenvalue weighted by molar-refractivity contribution is 5.97. The van der Waals surface area contributed by atoms with Crippen molar-refractivity contribution < 1.29 is 18.7 Å². The van der Waals surface area contributed by atoms with Gasteiger partial charge in [0.2, 0.25) is 11.8 Å². The van der Waals surface area contributed by atoms with E-state index in [1.165, 1.54) is 35.5 Å². The highest BCUT2D eigenvalue weighted by atomic mass is 19.1. The molecule has 4 N–H and O–H groups in total. The third-order valence-electron chi connectivity index (χ3n) is 5.02. The van der Waals surface area contributed by atoms with Gasteiger partial charge in [0.15, 0.2) is 0 Å². The Hall–Kier alpha value is -3.72. The van der Waals surface area contributed by atoms with Gasteiger partial charge in [-0.15, -0.1) is 0 Å². The normalized spacial score (nSPS) is 18.1. The van der Waals surface area contributed by atoms with E-state index in [0.717, 1.165) is 0 Å². The molecule has 8 nitrogen and oxygen atoms in total. The van der Waals surface area contributed by atoms with E-state index in [4.69, 9.17) is 10.5 Å². The first-order valence-corrected chi connectivity index (χ1v) is 9.84. The van der Waals surface area contributed by atoms with Gasteiger partial charge in [0.05, 0.1) is 12.7 Å². The third-order valence-corrected chi connectivity index (χ3v) is 5.02. The minimum atomic E-state index is -0.638. The van der Waals surface area contributed by atoms with Crippen LogP contribution in [0.15, 0.2) is 61.1 Å². The van der Waals surface area contributed by atoms with Gasteiger partial charge in [-0.25, -0.2) is 9.37 Å². The molecule has 0 bridgehead atoms. The lowest BCUT2D eigenvalue weighted by molar-refractivity contribution is -0.136. The van der Waals surface area contributed by atoms with Crippen LogP contribution in [0.4, 0.5) is 10.1 Å². The summed E-state index contributed by atoms with van der Waals surface area (Å²) in [5.74, 6) is 0.237. The highest BCUT2D eigenvalue weighted by Gasteiger charge is 2.38. The van der Waals surface area contributed by atoms with Crippen LogP contribution in [-0.4, -0.2) is 45.3 Å². The lowest BCUT2D eigenvalue weighted by Crippen LogP contribution is -2.44. The van der Waals surface area contributed by atoms with Gasteiger partial charge in [0, 0.05) is 30.2 Å². The van der Waals surface area contributed by atoms with E-state index in [-0.39, 0.29) is 30.1 Å². The predicted molar refractivity (Wildman–Crippen MR) is 112 cm³/mol. The van der Waals surface area contributed by atoms with Crippen LogP contribution >= 0.6 is 0 Å². The molecule has 2 heterocycles. The molecule has 1 saturated heterocycles. The lowest BCUT2D eigenvalue weighted by atomic mass is 10.1. The Labute approximate surface area is 178 Å². The minimum Gasteiger partial charge on any atom is -0.457 e. The summed E-state index contributed by atoms with van der Waals surface area (Å²) in [4.78, 5) is 33.8. The molecule has 1 fully saturated rings. The second-order valence-corrected chi connectivity index (χ2v) is 7.38. The van der Waals surface area contributed by atoms with Crippen molar-refractivity contribution in [2.75, 3.05) is 11.9 Å². The molecule has 1 aliphatic heterocycles. The number of aromatic nitrogens is 2. The maximum atomic E-state index is 13.0. The fourth-order valence-corrected chi connectivity index (χ4v) is 3.51. The summed E-state index contributed by atoms with van der Waals surface area (Å²) in [6.45, 7) is 0.329. The smallest absolute Gasteiger partial charge is 0.247 e. The number of ether oxygens (including phenoxy) is 1. The van der Waals surface area contributed by atoms with E-state index in [1.807, 2.05) is 0 Å². The summed E-state index contributed by atoms with van der Waals surface area (Å²) in [5, 5.41) is 2.83. The topological polar surface area (TPSA) is 113 Å². The van der Waals surface area contributed by atoms with Crippen LogP contribution in [0.2, 0.25) is 0 Å². The Morgan fingerprint density at radius 2 is 1.84 bits per heavy atom. The Morgan fingerprint density at radius 3 is 2.48 bits per heavy atom. The van der Waals surface area contributed by atoms with Gasteiger partial charge in [-0.05, 0) is 55.0 Å². The van der Waals surface area contributed by atoms with Crippen molar-refractivity contribution in [1.82, 2.24) is 14.9 Å². The molecule has 31 heavy (non-hydrogen) atoms. The highest BCUT2D eigenvalue weighted by Crippen LogP contribution is 2.24. The Bertz CT molecular complexity index is 1040. The molecule has 0 saturated carbocycles. The predicted octanol–water partition coefficient (Wildman–Crippen LogP) is 2.45. The molecule has 160 valence electrons. The van der Waals surface area contributed by atoms with Crippen molar-refractivity contribution in [2.45, 2.75) is 24.9 Å². The van der Waals surface area contributed by atoms with Crippen molar-refractivity contribution in [3.05, 3.63) is 72.6 Å². The number of amides is 2. The SMILES string of the molecule is N[C@@H]1C[C@@H](C(=O)Nc2ccc(Oc3ccc(F)cc3)cc2)N(C(=O)Cc2cnc[nH]2)C1. The molecule has 0 spiro atoms. The molecule has 0 aliphatic carbocycles. The van der Waals surface area contributed by atoms with Gasteiger partial charge in [0.25, 0.3) is 0 Å². The molecule has 3 aromatic rings. The monoisotopic (exact) mass is 423 g/mol.